The summed E-state index contributed by atoms with van der Waals surface area (Å²) >= 11 is 1.59. The fraction of sp³-hybridized carbons (Fsp3) is 0.364. The topological polar surface area (TPSA) is 90.3 Å². The Morgan fingerprint density at radius 3 is 2.93 bits per heavy atom. The van der Waals surface area contributed by atoms with Gasteiger partial charge < -0.3 is 10.1 Å². The summed E-state index contributed by atoms with van der Waals surface area (Å²) in [4.78, 5) is 43.9. The summed E-state index contributed by atoms with van der Waals surface area (Å²) in [6.45, 7) is 2.13. The predicted octanol–water partition coefficient (Wildman–Crippen LogP) is 3.54. The monoisotopic (exact) mass is 425 g/mol. The van der Waals surface area contributed by atoms with Gasteiger partial charge in [0.2, 0.25) is 5.91 Å². The Kier molecular flexibility index (Phi) is 5.94. The van der Waals surface area contributed by atoms with Crippen molar-refractivity contribution >= 4 is 39.1 Å². The lowest BCUT2D eigenvalue weighted by Crippen LogP contribution is -2.28. The molecule has 156 valence electrons. The molecule has 4 rings (SSSR count). The molecule has 0 saturated heterocycles. The van der Waals surface area contributed by atoms with E-state index >= 15 is 0 Å². The van der Waals surface area contributed by atoms with Crippen LogP contribution in [-0.4, -0.2) is 28.0 Å². The van der Waals surface area contributed by atoms with E-state index in [0.29, 0.717) is 23.2 Å². The number of nitrogens with one attached hydrogen (secondary N) is 1. The lowest BCUT2D eigenvalue weighted by Gasteiger charge is -2.11. The normalized spacial score (nSPS) is 13.1. The highest BCUT2D eigenvalue weighted by molar-refractivity contribution is 7.18. The van der Waals surface area contributed by atoms with E-state index < -0.39 is 5.97 Å². The van der Waals surface area contributed by atoms with E-state index in [1.807, 2.05) is 6.92 Å². The number of fused-ring (bicyclic) bond motifs is 3. The lowest BCUT2D eigenvalue weighted by molar-refractivity contribution is -0.116. The van der Waals surface area contributed by atoms with Gasteiger partial charge in [0.25, 0.3) is 5.56 Å². The number of carbonyl (C=O) groups is 2. The molecule has 0 bridgehead atoms. The summed E-state index contributed by atoms with van der Waals surface area (Å²) in [5.41, 5.74) is 1.77. The van der Waals surface area contributed by atoms with Crippen LogP contribution >= 0.6 is 11.3 Å². The molecule has 3 aromatic rings. The van der Waals surface area contributed by atoms with Crippen LogP contribution in [-0.2, 0) is 28.9 Å². The molecule has 1 aliphatic carbocycles. The third kappa shape index (κ3) is 4.14. The van der Waals surface area contributed by atoms with Gasteiger partial charge in [0.05, 0.1) is 23.9 Å². The van der Waals surface area contributed by atoms with Crippen LogP contribution in [0.3, 0.4) is 0 Å². The number of aryl methyl sites for hydroxylation is 2. The number of hydrogen-bond donors (Lipinski definition) is 1. The zero-order valence-corrected chi connectivity index (χ0v) is 17.6. The number of esters is 1. The molecule has 0 radical (unpaired) electrons. The van der Waals surface area contributed by atoms with E-state index in [1.165, 1.54) is 15.8 Å². The largest absolute Gasteiger partial charge is 0.462 e. The third-order valence-electron chi connectivity index (χ3n) is 5.08. The zero-order valence-electron chi connectivity index (χ0n) is 16.8. The first kappa shape index (κ1) is 20.3. The number of carbonyl (C=O) groups excluding carboxylic acids is 2. The minimum atomic E-state index is -0.430. The highest BCUT2D eigenvalue weighted by Crippen LogP contribution is 2.33. The summed E-state index contributed by atoms with van der Waals surface area (Å²) in [7, 11) is 0. The van der Waals surface area contributed by atoms with Crippen molar-refractivity contribution < 1.29 is 14.3 Å². The molecule has 0 unspecified atom stereocenters. The maximum Gasteiger partial charge on any atom is 0.338 e. The maximum atomic E-state index is 13.0. The number of nitrogens with zero attached hydrogens (tertiary/aromatic N) is 2. The second-order valence-corrected chi connectivity index (χ2v) is 8.42. The molecular formula is C22H23N3O4S. The molecule has 7 nitrogen and oxygen atoms in total. The molecule has 2 aromatic heterocycles. The van der Waals surface area contributed by atoms with E-state index in [0.717, 1.165) is 42.5 Å². The van der Waals surface area contributed by atoms with E-state index in [2.05, 4.69) is 10.3 Å². The summed E-state index contributed by atoms with van der Waals surface area (Å²) in [5.74, 6) is -0.789. The van der Waals surface area contributed by atoms with Gasteiger partial charge in [-0.3, -0.25) is 14.2 Å². The van der Waals surface area contributed by atoms with Crippen LogP contribution in [0.5, 0.6) is 0 Å². The van der Waals surface area contributed by atoms with Crippen LogP contribution in [0.4, 0.5) is 5.69 Å². The Labute approximate surface area is 177 Å². The van der Waals surface area contributed by atoms with Crippen molar-refractivity contribution in [3.63, 3.8) is 0 Å². The van der Waals surface area contributed by atoms with Gasteiger partial charge in [-0.05, 0) is 55.9 Å². The number of rotatable bonds is 6. The standard InChI is InChI=1S/C22H23N3O4S/c1-2-10-29-22(28)14-6-5-7-15(11-14)24-18(26)12-25-13-23-20-19(21(25)27)16-8-3-4-9-17(16)30-20/h5-7,11,13H,2-4,8-10,12H2,1H3,(H,24,26). The number of aromatic nitrogens is 2. The smallest absolute Gasteiger partial charge is 0.338 e. The molecule has 1 aromatic carbocycles. The molecule has 1 aliphatic rings. The third-order valence-corrected chi connectivity index (χ3v) is 6.27. The Hall–Kier alpha value is -3.00. The van der Waals surface area contributed by atoms with Gasteiger partial charge in [0, 0.05) is 10.6 Å². The van der Waals surface area contributed by atoms with Crippen molar-refractivity contribution in [3.8, 4) is 0 Å². The van der Waals surface area contributed by atoms with Crippen molar-refractivity contribution in [3.05, 3.63) is 57.0 Å². The number of anilines is 1. The van der Waals surface area contributed by atoms with Gasteiger partial charge in [-0.25, -0.2) is 9.78 Å². The average molecular weight is 426 g/mol. The van der Waals surface area contributed by atoms with Gasteiger partial charge in [0.15, 0.2) is 0 Å². The van der Waals surface area contributed by atoms with Gasteiger partial charge in [-0.2, -0.15) is 0 Å². The Morgan fingerprint density at radius 1 is 1.27 bits per heavy atom. The Morgan fingerprint density at radius 2 is 2.10 bits per heavy atom. The number of benzene rings is 1. The fourth-order valence-corrected chi connectivity index (χ4v) is 4.87. The second kappa shape index (κ2) is 8.79. The summed E-state index contributed by atoms with van der Waals surface area (Å²) in [6.07, 6.45) is 6.27. The van der Waals surface area contributed by atoms with E-state index in [9.17, 15) is 14.4 Å². The lowest BCUT2D eigenvalue weighted by atomic mass is 9.97. The van der Waals surface area contributed by atoms with Crippen molar-refractivity contribution in [2.24, 2.45) is 0 Å². The molecule has 1 N–H and O–H groups in total. The second-order valence-electron chi connectivity index (χ2n) is 7.33. The maximum absolute atomic E-state index is 13.0. The highest BCUT2D eigenvalue weighted by Gasteiger charge is 2.20. The Balaban J connectivity index is 1.51. The van der Waals surface area contributed by atoms with Gasteiger partial charge >= 0.3 is 5.97 Å². The van der Waals surface area contributed by atoms with E-state index in [1.54, 1.807) is 35.6 Å². The van der Waals surface area contributed by atoms with E-state index in [4.69, 9.17) is 4.74 Å². The molecule has 0 fully saturated rings. The fourth-order valence-electron chi connectivity index (χ4n) is 3.65. The molecule has 1 amide bonds. The Bertz CT molecular complexity index is 1160. The average Bonchev–Trinajstić information content (AvgIpc) is 3.13. The SMILES string of the molecule is CCCOC(=O)c1cccc(NC(=O)Cn2cnc3sc4c(c3c2=O)CCCC4)c1. The van der Waals surface area contributed by atoms with Crippen molar-refractivity contribution in [1.29, 1.82) is 0 Å². The summed E-state index contributed by atoms with van der Waals surface area (Å²) in [6, 6.07) is 6.56. The number of ether oxygens (including phenoxy) is 1. The molecule has 2 heterocycles. The van der Waals surface area contributed by atoms with Crippen LogP contribution in [0.2, 0.25) is 0 Å². The molecule has 0 saturated carbocycles. The summed E-state index contributed by atoms with van der Waals surface area (Å²) in [5, 5.41) is 3.40. The van der Waals surface area contributed by atoms with Crippen molar-refractivity contribution in [2.75, 3.05) is 11.9 Å². The molecular weight excluding hydrogens is 402 g/mol. The zero-order chi connectivity index (χ0) is 21.1. The van der Waals surface area contributed by atoms with Gasteiger partial charge in [-0.15, -0.1) is 11.3 Å². The quantitative estimate of drug-likeness (QED) is 0.610. The molecule has 0 atom stereocenters. The van der Waals surface area contributed by atoms with Crippen LogP contribution in [0.1, 0.15) is 47.0 Å². The van der Waals surface area contributed by atoms with Crippen molar-refractivity contribution in [1.82, 2.24) is 9.55 Å². The molecule has 0 spiro atoms. The van der Waals surface area contributed by atoms with Crippen LogP contribution < -0.4 is 10.9 Å². The van der Waals surface area contributed by atoms with Crippen molar-refractivity contribution in [2.45, 2.75) is 45.6 Å². The predicted molar refractivity (Wildman–Crippen MR) is 116 cm³/mol. The first-order valence-corrected chi connectivity index (χ1v) is 10.9. The highest BCUT2D eigenvalue weighted by atomic mass is 32.1. The van der Waals surface area contributed by atoms with E-state index in [-0.39, 0.29) is 18.0 Å². The van der Waals surface area contributed by atoms with Crippen LogP contribution in [0, 0.1) is 0 Å². The number of thiophene rings is 1. The first-order valence-electron chi connectivity index (χ1n) is 10.1. The number of amides is 1. The number of hydrogen-bond acceptors (Lipinski definition) is 6. The van der Waals surface area contributed by atoms with Gasteiger partial charge in [0.1, 0.15) is 11.4 Å². The first-order chi connectivity index (χ1) is 14.6. The minimum Gasteiger partial charge on any atom is -0.462 e. The molecule has 30 heavy (non-hydrogen) atoms. The van der Waals surface area contributed by atoms with Crippen LogP contribution in [0.25, 0.3) is 10.2 Å². The molecule has 0 aliphatic heterocycles. The minimum absolute atomic E-state index is 0.142. The van der Waals surface area contributed by atoms with Gasteiger partial charge in [-0.1, -0.05) is 13.0 Å². The van der Waals surface area contributed by atoms with Crippen LogP contribution in [0.15, 0.2) is 35.4 Å². The summed E-state index contributed by atoms with van der Waals surface area (Å²) < 4.78 is 6.47. The molecule has 8 heteroatoms.